The van der Waals surface area contributed by atoms with E-state index in [1.54, 1.807) is 0 Å². The van der Waals surface area contributed by atoms with Gasteiger partial charge in [-0.25, -0.2) is 0 Å². The molecule has 0 aromatic heterocycles. The molecule has 1 atom stereocenters. The molecule has 2 aromatic carbocycles. The smallest absolute Gasteiger partial charge is 0.229 e. The number of nitrogens with zero attached hydrogens (tertiary/aromatic N) is 1. The molecular formula is C27H41Cl2NO2. The van der Waals surface area contributed by atoms with Gasteiger partial charge in [0, 0.05) is 17.0 Å². The summed E-state index contributed by atoms with van der Waals surface area (Å²) >= 11 is 6.21. The number of hydrogen-bond donors (Lipinski definition) is 0. The number of halogens is 2. The summed E-state index contributed by atoms with van der Waals surface area (Å²) in [6, 6.07) is 18.2. The molecule has 5 heteroatoms. The first-order chi connectivity index (χ1) is 14.9. The highest BCUT2D eigenvalue weighted by Gasteiger charge is 2.47. The maximum Gasteiger partial charge on any atom is 0.229 e. The van der Waals surface area contributed by atoms with Crippen LogP contribution in [0.5, 0.6) is 5.75 Å². The lowest BCUT2D eigenvalue weighted by Crippen LogP contribution is -3.00. The van der Waals surface area contributed by atoms with Gasteiger partial charge in [-0.15, -0.1) is 0 Å². The molecule has 2 aromatic rings. The fraction of sp³-hybridized carbons (Fsp3) is 0.556. The van der Waals surface area contributed by atoms with Crippen molar-refractivity contribution >= 4 is 11.6 Å². The molecule has 0 saturated carbocycles. The second-order valence-electron chi connectivity index (χ2n) is 8.82. The lowest BCUT2D eigenvalue weighted by Gasteiger charge is -2.48. The molecular weight excluding hydrogens is 441 g/mol. The monoisotopic (exact) mass is 481 g/mol. The van der Waals surface area contributed by atoms with Crippen molar-refractivity contribution in [2.45, 2.75) is 64.5 Å². The van der Waals surface area contributed by atoms with Crippen LogP contribution < -0.4 is 17.1 Å². The molecule has 180 valence electrons. The van der Waals surface area contributed by atoms with Gasteiger partial charge in [-0.05, 0) is 49.7 Å². The largest absolute Gasteiger partial charge is 1.00 e. The van der Waals surface area contributed by atoms with E-state index in [9.17, 15) is 0 Å². The molecule has 0 N–H and O–H groups in total. The lowest BCUT2D eigenvalue weighted by atomic mass is 9.92. The number of hydrogen-bond acceptors (Lipinski definition) is 2. The van der Waals surface area contributed by atoms with E-state index in [1.165, 1.54) is 37.7 Å². The summed E-state index contributed by atoms with van der Waals surface area (Å²) in [5.41, 5.74) is 0.765. The Bertz CT molecular complexity index is 737. The first-order valence-corrected chi connectivity index (χ1v) is 12.2. The Morgan fingerprint density at radius 1 is 0.812 bits per heavy atom. The van der Waals surface area contributed by atoms with E-state index in [0.717, 1.165) is 34.6 Å². The number of benzene rings is 2. The maximum atomic E-state index is 6.76. The first-order valence-electron chi connectivity index (χ1n) is 11.9. The summed E-state index contributed by atoms with van der Waals surface area (Å²) < 4.78 is 13.4. The topological polar surface area (TPSA) is 18.5 Å². The van der Waals surface area contributed by atoms with E-state index in [1.807, 2.05) is 42.5 Å². The highest BCUT2D eigenvalue weighted by Crippen LogP contribution is 2.39. The fourth-order valence-corrected chi connectivity index (χ4v) is 4.25. The van der Waals surface area contributed by atoms with Gasteiger partial charge < -0.3 is 21.9 Å². The van der Waals surface area contributed by atoms with Crippen molar-refractivity contribution in [1.82, 2.24) is 0 Å². The van der Waals surface area contributed by atoms with Gasteiger partial charge in [0.05, 0.1) is 27.2 Å². The lowest BCUT2D eigenvalue weighted by molar-refractivity contribution is -0.976. The molecule has 0 fully saturated rings. The molecule has 32 heavy (non-hydrogen) atoms. The van der Waals surface area contributed by atoms with Gasteiger partial charge in [0.25, 0.3) is 0 Å². The number of ether oxygens (including phenoxy) is 2. The standard InChI is InChI=1S/C27H41ClNO2.ClH/c1-5-7-8-9-10-14-21-27(29(3,4)6-2,24-17-19-25(28)20-18-24)31-23-22-30-26-15-12-11-13-16-26;/h11-13,15-20H,5-10,14,21-23H2,1-4H3;1H/q+1;/p-1. The van der Waals surface area contributed by atoms with E-state index in [4.69, 9.17) is 21.1 Å². The van der Waals surface area contributed by atoms with Crippen LogP contribution in [0.4, 0.5) is 0 Å². The maximum absolute atomic E-state index is 6.76. The minimum Gasteiger partial charge on any atom is -1.00 e. The van der Waals surface area contributed by atoms with Gasteiger partial charge in [-0.3, -0.25) is 4.48 Å². The molecule has 3 nitrogen and oxygen atoms in total. The third-order valence-electron chi connectivity index (χ3n) is 6.37. The molecule has 0 amide bonds. The van der Waals surface area contributed by atoms with Crippen molar-refractivity contribution in [2.75, 3.05) is 33.9 Å². The Kier molecular flexibility index (Phi) is 13.3. The predicted molar refractivity (Wildman–Crippen MR) is 132 cm³/mol. The molecule has 0 bridgehead atoms. The molecule has 2 rings (SSSR count). The third kappa shape index (κ3) is 8.26. The van der Waals surface area contributed by atoms with Crippen LogP contribution in [-0.2, 0) is 10.5 Å². The molecule has 1 unspecified atom stereocenters. The van der Waals surface area contributed by atoms with E-state index in [-0.39, 0.29) is 12.4 Å². The summed E-state index contributed by atoms with van der Waals surface area (Å²) in [6.07, 6.45) is 8.58. The van der Waals surface area contributed by atoms with Crippen molar-refractivity contribution in [3.63, 3.8) is 0 Å². The Morgan fingerprint density at radius 3 is 2.06 bits per heavy atom. The van der Waals surface area contributed by atoms with E-state index in [0.29, 0.717) is 13.2 Å². The van der Waals surface area contributed by atoms with Crippen LogP contribution in [0.1, 0.15) is 64.4 Å². The minimum absolute atomic E-state index is 0. The second-order valence-corrected chi connectivity index (χ2v) is 9.26. The highest BCUT2D eigenvalue weighted by molar-refractivity contribution is 6.30. The number of quaternary nitrogens is 1. The number of para-hydroxylation sites is 1. The summed E-state index contributed by atoms with van der Waals surface area (Å²) in [7, 11) is 4.54. The van der Waals surface area contributed by atoms with Gasteiger partial charge in [0.15, 0.2) is 0 Å². The van der Waals surface area contributed by atoms with Gasteiger partial charge in [0.1, 0.15) is 12.4 Å². The van der Waals surface area contributed by atoms with Crippen LogP contribution in [0, 0.1) is 0 Å². The molecule has 0 aliphatic rings. The van der Waals surface area contributed by atoms with Gasteiger partial charge >= 0.3 is 0 Å². The summed E-state index contributed by atoms with van der Waals surface area (Å²) in [5.74, 6) is 0.878. The zero-order valence-electron chi connectivity index (χ0n) is 20.3. The Hall–Kier alpha value is -1.26. The van der Waals surface area contributed by atoms with Crippen LogP contribution in [0.2, 0.25) is 5.02 Å². The average Bonchev–Trinajstić information content (AvgIpc) is 2.78. The van der Waals surface area contributed by atoms with Crippen molar-refractivity contribution in [2.24, 2.45) is 0 Å². The normalized spacial score (nSPS) is 13.3. The number of unbranched alkanes of at least 4 members (excludes halogenated alkanes) is 5. The average molecular weight is 483 g/mol. The van der Waals surface area contributed by atoms with Crippen molar-refractivity contribution in [3.8, 4) is 5.75 Å². The van der Waals surface area contributed by atoms with Gasteiger partial charge in [0.2, 0.25) is 5.72 Å². The second kappa shape index (κ2) is 14.8. The van der Waals surface area contributed by atoms with Gasteiger partial charge in [-0.2, -0.15) is 0 Å². The Labute approximate surface area is 207 Å². The molecule has 0 radical (unpaired) electrons. The Balaban J connectivity index is 0.00000512. The van der Waals surface area contributed by atoms with Crippen LogP contribution in [0.3, 0.4) is 0 Å². The molecule has 0 aliphatic carbocycles. The first kappa shape index (κ1) is 28.8. The summed E-state index contributed by atoms with van der Waals surface area (Å²) in [5, 5.41) is 0.756. The van der Waals surface area contributed by atoms with Crippen LogP contribution >= 0.6 is 11.6 Å². The SMILES string of the molecule is CCCCCCCCC(OCCOc1ccccc1)(c1ccc(Cl)cc1)[N+](C)(C)CC.[Cl-]. The van der Waals surface area contributed by atoms with Crippen LogP contribution in [-0.4, -0.2) is 38.3 Å². The minimum atomic E-state index is -0.426. The zero-order valence-corrected chi connectivity index (χ0v) is 21.8. The molecule has 0 heterocycles. The van der Waals surface area contributed by atoms with E-state index >= 15 is 0 Å². The van der Waals surface area contributed by atoms with E-state index in [2.05, 4.69) is 40.1 Å². The highest BCUT2D eigenvalue weighted by atomic mass is 35.5. The van der Waals surface area contributed by atoms with Crippen molar-refractivity contribution < 1.29 is 26.4 Å². The van der Waals surface area contributed by atoms with Crippen molar-refractivity contribution in [1.29, 1.82) is 0 Å². The Morgan fingerprint density at radius 2 is 1.44 bits per heavy atom. The quantitative estimate of drug-likeness (QED) is 0.212. The predicted octanol–water partition coefficient (Wildman–Crippen LogP) is 4.44. The van der Waals surface area contributed by atoms with Crippen molar-refractivity contribution in [3.05, 3.63) is 65.2 Å². The number of rotatable bonds is 15. The summed E-state index contributed by atoms with van der Waals surface area (Å²) in [6.45, 7) is 6.53. The fourth-order valence-electron chi connectivity index (χ4n) is 4.12. The third-order valence-corrected chi connectivity index (χ3v) is 6.62. The summed E-state index contributed by atoms with van der Waals surface area (Å²) in [4.78, 5) is 0. The van der Waals surface area contributed by atoms with Crippen LogP contribution in [0.15, 0.2) is 54.6 Å². The van der Waals surface area contributed by atoms with E-state index < -0.39 is 5.72 Å². The molecule has 0 saturated heterocycles. The molecule has 0 aliphatic heterocycles. The van der Waals surface area contributed by atoms with Crippen LogP contribution in [0.25, 0.3) is 0 Å². The molecule has 0 spiro atoms. The zero-order chi connectivity index (χ0) is 22.6. The van der Waals surface area contributed by atoms with Gasteiger partial charge in [-0.1, -0.05) is 68.8 Å².